The quantitative estimate of drug-likeness (QED) is 0.185. The Balaban J connectivity index is 0.000000202. The number of amides is 2. The van der Waals surface area contributed by atoms with Gasteiger partial charge in [0.1, 0.15) is 11.6 Å². The monoisotopic (exact) mass is 734 g/mol. The fourth-order valence-electron chi connectivity index (χ4n) is 6.89. The van der Waals surface area contributed by atoms with Gasteiger partial charge in [-0.3, -0.25) is 19.0 Å². The van der Waals surface area contributed by atoms with Gasteiger partial charge in [-0.1, -0.05) is 79.7 Å². The highest BCUT2D eigenvalue weighted by molar-refractivity contribution is 6.20. The Kier molecular flexibility index (Phi) is 12.0. The maximum absolute atomic E-state index is 13.4. The van der Waals surface area contributed by atoms with Gasteiger partial charge < -0.3 is 10.6 Å². The lowest BCUT2D eigenvalue weighted by Gasteiger charge is -2.27. The molecule has 4 heterocycles. The number of hydrogen-bond donors (Lipinski definition) is 2. The number of benzene rings is 2. The van der Waals surface area contributed by atoms with E-state index in [1.807, 2.05) is 50.9 Å². The van der Waals surface area contributed by atoms with E-state index in [9.17, 15) is 18.4 Å². The highest BCUT2D eigenvalue weighted by Crippen LogP contribution is 2.39. The van der Waals surface area contributed by atoms with Gasteiger partial charge in [0.15, 0.2) is 11.6 Å². The predicted octanol–water partition coefficient (Wildman–Crippen LogP) is 9.90. The van der Waals surface area contributed by atoms with Crippen molar-refractivity contribution in [3.63, 3.8) is 0 Å². The highest BCUT2D eigenvalue weighted by Gasteiger charge is 2.30. The van der Waals surface area contributed by atoms with Crippen LogP contribution in [0.15, 0.2) is 48.5 Å². The zero-order valence-electron chi connectivity index (χ0n) is 31.7. The number of aromatic nitrogens is 4. The smallest absolute Gasteiger partial charge is 0.226 e. The normalized spacial score (nSPS) is 17.2. The van der Waals surface area contributed by atoms with E-state index in [2.05, 4.69) is 29.6 Å². The highest BCUT2D eigenvalue weighted by atomic mass is 35.5. The number of fused-ring (bicyclic) bond motifs is 2. The molecule has 0 spiro atoms. The van der Waals surface area contributed by atoms with Crippen LogP contribution in [0.5, 0.6) is 0 Å². The van der Waals surface area contributed by atoms with Crippen molar-refractivity contribution in [1.29, 1.82) is 0 Å². The molecule has 2 amide bonds. The number of alkyl halides is 1. The Morgan fingerprint density at radius 3 is 1.54 bits per heavy atom. The van der Waals surface area contributed by atoms with Crippen molar-refractivity contribution < 1.29 is 18.4 Å². The van der Waals surface area contributed by atoms with Crippen molar-refractivity contribution in [2.24, 2.45) is 22.7 Å². The van der Waals surface area contributed by atoms with Crippen molar-refractivity contribution in [3.8, 4) is 22.3 Å². The molecule has 0 fully saturated rings. The summed E-state index contributed by atoms with van der Waals surface area (Å²) in [5.74, 6) is 1.63. The largest absolute Gasteiger partial charge is 0.309 e. The summed E-state index contributed by atoms with van der Waals surface area (Å²) in [5, 5.41) is 15.3. The van der Waals surface area contributed by atoms with Crippen LogP contribution in [-0.2, 0) is 35.5 Å². The minimum atomic E-state index is -0.293. The first kappa shape index (κ1) is 39.2. The molecule has 4 aromatic rings. The predicted molar refractivity (Wildman–Crippen MR) is 205 cm³/mol. The fraction of sp³-hybridized carbons (Fsp3) is 0.512. The summed E-state index contributed by atoms with van der Waals surface area (Å²) in [5.41, 5.74) is 5.42. The van der Waals surface area contributed by atoms with Crippen LogP contribution < -0.4 is 10.6 Å². The molecule has 2 N–H and O–H groups in total. The summed E-state index contributed by atoms with van der Waals surface area (Å²) in [4.78, 5) is 24.9. The molecule has 0 radical (unpaired) electrons. The SMILES string of the molecule is CC(C)(C)CC(=O)Nc1nn2c(c1-c1ccc(F)cc1)CC(Cl)CC2.CC(C)C1CCn2nc(NC(=O)CC(C)(C)C)c(-c3ccc(F)cc3)c2C1. The molecule has 6 rings (SSSR count). The first-order valence-corrected chi connectivity index (χ1v) is 18.8. The number of halogens is 3. The molecule has 0 saturated heterocycles. The first-order chi connectivity index (χ1) is 24.4. The lowest BCUT2D eigenvalue weighted by Crippen LogP contribution is -2.23. The van der Waals surface area contributed by atoms with Crippen LogP contribution in [0.1, 0.15) is 92.5 Å². The molecule has 2 aromatic heterocycles. The molecule has 2 unspecified atom stereocenters. The lowest BCUT2D eigenvalue weighted by molar-refractivity contribution is -0.118. The maximum Gasteiger partial charge on any atom is 0.226 e. The van der Waals surface area contributed by atoms with Gasteiger partial charge in [0.25, 0.3) is 0 Å². The number of nitrogens with one attached hydrogen (secondary N) is 2. The molecule has 2 atom stereocenters. The number of hydrogen-bond acceptors (Lipinski definition) is 4. The van der Waals surface area contributed by atoms with E-state index in [4.69, 9.17) is 16.7 Å². The number of rotatable bonds is 7. The standard InChI is InChI=1S/C22H30FN3O.C19H23ClFN3O/c1-14(2)16-10-11-26-18(12-16)20(15-6-8-17(23)9-7-15)21(25-26)24-19(27)13-22(3,4)5;1-19(2,3)11-16(25)22-18-17(12-4-6-14(21)7-5-12)15-10-13(20)8-9-24(15)23-18/h6-9,14,16H,10-13H2,1-5H3,(H,24,25,27);4-7,13H,8-11H2,1-3H3,(H,22,23,25). The topological polar surface area (TPSA) is 93.8 Å². The number of nitrogens with zero attached hydrogens (tertiary/aromatic N) is 4. The third-order valence-corrected chi connectivity index (χ3v) is 9.83. The molecule has 2 aromatic carbocycles. The second kappa shape index (κ2) is 15.9. The molecular formula is C41H53ClF2N6O2. The molecule has 52 heavy (non-hydrogen) atoms. The van der Waals surface area contributed by atoms with Crippen LogP contribution in [0, 0.1) is 34.3 Å². The number of aryl methyl sites for hydroxylation is 2. The van der Waals surface area contributed by atoms with Gasteiger partial charge in [0.2, 0.25) is 11.8 Å². The summed E-state index contributed by atoms with van der Waals surface area (Å²) in [6.45, 7) is 18.2. The third-order valence-electron chi connectivity index (χ3n) is 9.46. The fourth-order valence-corrected chi connectivity index (χ4v) is 7.13. The van der Waals surface area contributed by atoms with E-state index in [0.717, 1.165) is 59.4 Å². The number of anilines is 2. The van der Waals surface area contributed by atoms with Gasteiger partial charge >= 0.3 is 0 Å². The Hall–Kier alpha value is -4.05. The minimum absolute atomic E-state index is 0.0401. The van der Waals surface area contributed by atoms with Crippen molar-refractivity contribution >= 4 is 35.1 Å². The van der Waals surface area contributed by atoms with E-state index in [1.54, 1.807) is 24.3 Å². The summed E-state index contributed by atoms with van der Waals surface area (Å²) < 4.78 is 30.7. The second-order valence-electron chi connectivity index (χ2n) is 17.0. The average Bonchev–Trinajstić information content (AvgIpc) is 3.56. The van der Waals surface area contributed by atoms with E-state index in [1.165, 1.54) is 24.3 Å². The van der Waals surface area contributed by atoms with Crippen LogP contribution in [-0.4, -0.2) is 36.8 Å². The molecule has 0 bridgehead atoms. The van der Waals surface area contributed by atoms with Gasteiger partial charge in [-0.25, -0.2) is 8.78 Å². The van der Waals surface area contributed by atoms with Crippen LogP contribution in [0.25, 0.3) is 22.3 Å². The Morgan fingerprint density at radius 2 is 1.13 bits per heavy atom. The lowest BCUT2D eigenvalue weighted by atomic mass is 9.84. The number of carbonyl (C=O) groups is 2. The van der Waals surface area contributed by atoms with Crippen molar-refractivity contribution in [1.82, 2.24) is 19.6 Å². The van der Waals surface area contributed by atoms with Gasteiger partial charge in [0, 0.05) is 60.2 Å². The van der Waals surface area contributed by atoms with Crippen LogP contribution in [0.3, 0.4) is 0 Å². The van der Waals surface area contributed by atoms with Gasteiger partial charge in [-0.05, 0) is 77.3 Å². The van der Waals surface area contributed by atoms with E-state index in [0.29, 0.717) is 49.3 Å². The Bertz CT molecular complexity index is 1870. The second-order valence-corrected chi connectivity index (χ2v) is 17.6. The average molecular weight is 735 g/mol. The molecule has 280 valence electrons. The Labute approximate surface area is 311 Å². The van der Waals surface area contributed by atoms with Gasteiger partial charge in [-0.2, -0.15) is 10.2 Å². The molecule has 2 aliphatic heterocycles. The third kappa shape index (κ3) is 10.1. The van der Waals surface area contributed by atoms with Gasteiger partial charge in [0.05, 0.1) is 0 Å². The van der Waals surface area contributed by atoms with Crippen molar-refractivity contribution in [2.45, 2.75) is 112 Å². The molecule has 0 aliphatic carbocycles. The van der Waals surface area contributed by atoms with Crippen LogP contribution in [0.2, 0.25) is 0 Å². The summed E-state index contributed by atoms with van der Waals surface area (Å²) >= 11 is 6.34. The molecule has 11 heteroatoms. The summed E-state index contributed by atoms with van der Waals surface area (Å²) in [7, 11) is 0. The Morgan fingerprint density at radius 1 is 0.731 bits per heavy atom. The zero-order chi connectivity index (χ0) is 38.0. The van der Waals surface area contributed by atoms with Gasteiger partial charge in [-0.15, -0.1) is 11.6 Å². The van der Waals surface area contributed by atoms with Crippen LogP contribution >= 0.6 is 11.6 Å². The molecule has 8 nitrogen and oxygen atoms in total. The summed E-state index contributed by atoms with van der Waals surface area (Å²) in [6, 6.07) is 12.7. The maximum atomic E-state index is 13.4. The first-order valence-electron chi connectivity index (χ1n) is 18.3. The summed E-state index contributed by atoms with van der Waals surface area (Å²) in [6.07, 6.45) is 4.35. The molecule has 0 saturated carbocycles. The van der Waals surface area contributed by atoms with E-state index >= 15 is 0 Å². The van der Waals surface area contributed by atoms with Crippen molar-refractivity contribution in [3.05, 3.63) is 71.6 Å². The molecular weight excluding hydrogens is 682 g/mol. The minimum Gasteiger partial charge on any atom is -0.309 e. The van der Waals surface area contributed by atoms with Crippen LogP contribution in [0.4, 0.5) is 20.4 Å². The zero-order valence-corrected chi connectivity index (χ0v) is 32.5. The number of carbonyl (C=O) groups excluding carboxylic acids is 2. The van der Waals surface area contributed by atoms with E-state index in [-0.39, 0.29) is 39.7 Å². The molecule has 2 aliphatic rings. The van der Waals surface area contributed by atoms with E-state index < -0.39 is 0 Å². The van der Waals surface area contributed by atoms with Crippen molar-refractivity contribution in [2.75, 3.05) is 10.6 Å².